The van der Waals surface area contributed by atoms with Crippen molar-refractivity contribution >= 4 is 17.9 Å². The van der Waals surface area contributed by atoms with Gasteiger partial charge >= 0.3 is 17.9 Å². The van der Waals surface area contributed by atoms with Crippen LogP contribution in [0, 0.1) is 0 Å². The fourth-order valence-electron chi connectivity index (χ4n) is 8.44. The first-order valence-corrected chi connectivity index (χ1v) is 30.7. The van der Waals surface area contributed by atoms with E-state index in [2.05, 4.69) is 118 Å². The smallest absolute Gasteiger partial charge is 0.306 e. The van der Waals surface area contributed by atoms with Crippen LogP contribution < -0.4 is 0 Å². The molecule has 73 heavy (non-hydrogen) atoms. The van der Waals surface area contributed by atoms with E-state index in [1.165, 1.54) is 161 Å². The van der Waals surface area contributed by atoms with Gasteiger partial charge in [-0.05, 0) is 116 Å². The van der Waals surface area contributed by atoms with Gasteiger partial charge in [-0.3, -0.25) is 14.4 Å². The van der Waals surface area contributed by atoms with Crippen molar-refractivity contribution < 1.29 is 28.6 Å². The van der Waals surface area contributed by atoms with Gasteiger partial charge < -0.3 is 14.2 Å². The van der Waals surface area contributed by atoms with Crippen LogP contribution in [0.3, 0.4) is 0 Å². The van der Waals surface area contributed by atoms with E-state index in [4.69, 9.17) is 14.2 Å². The van der Waals surface area contributed by atoms with Gasteiger partial charge in [-0.1, -0.05) is 253 Å². The highest BCUT2D eigenvalue weighted by atomic mass is 16.6. The van der Waals surface area contributed by atoms with Crippen LogP contribution in [-0.4, -0.2) is 37.2 Å². The lowest BCUT2D eigenvalue weighted by atomic mass is 10.1. The van der Waals surface area contributed by atoms with Crippen molar-refractivity contribution in [3.8, 4) is 0 Å². The van der Waals surface area contributed by atoms with Gasteiger partial charge in [0.15, 0.2) is 6.10 Å². The van der Waals surface area contributed by atoms with E-state index in [1.807, 2.05) is 0 Å². The molecule has 0 heterocycles. The third-order valence-electron chi connectivity index (χ3n) is 13.0. The highest BCUT2D eigenvalue weighted by Crippen LogP contribution is 2.15. The summed E-state index contributed by atoms with van der Waals surface area (Å²) in [6.45, 7) is 6.47. The fraction of sp³-hybridized carbons (Fsp3) is 0.716. The van der Waals surface area contributed by atoms with Crippen molar-refractivity contribution in [3.05, 3.63) is 97.2 Å². The predicted molar refractivity (Wildman–Crippen MR) is 316 cm³/mol. The topological polar surface area (TPSA) is 78.9 Å². The molecule has 0 rings (SSSR count). The Kier molecular flexibility index (Phi) is 57.8. The lowest BCUT2D eigenvalue weighted by Gasteiger charge is -2.18. The largest absolute Gasteiger partial charge is 0.462 e. The van der Waals surface area contributed by atoms with Crippen LogP contribution in [0.15, 0.2) is 97.2 Å². The maximum absolute atomic E-state index is 12.9. The SMILES string of the molecule is CC/C=C/C/C=C/C/C=C/C/C=C/C/C=C/CCCC(=O)OC[C@H](COC(=O)CCCCCCCCCCC/C=C/C/C=C/CCCCC)OC(=O)CCCCCCCCCCC/C=C/CCCCCCCC. The molecule has 0 amide bonds. The zero-order chi connectivity index (χ0) is 52.9. The van der Waals surface area contributed by atoms with E-state index in [-0.39, 0.29) is 37.5 Å². The Balaban J connectivity index is 4.46. The molecule has 6 heteroatoms. The van der Waals surface area contributed by atoms with Gasteiger partial charge in [0.05, 0.1) is 0 Å². The Bertz CT molecular complexity index is 1440. The summed E-state index contributed by atoms with van der Waals surface area (Å²) in [6, 6.07) is 0. The Morgan fingerprint density at radius 2 is 0.548 bits per heavy atom. The van der Waals surface area contributed by atoms with E-state index in [0.717, 1.165) is 83.5 Å². The average Bonchev–Trinajstić information content (AvgIpc) is 3.39. The van der Waals surface area contributed by atoms with Gasteiger partial charge in [-0.2, -0.15) is 0 Å². The molecular formula is C67H114O6. The maximum atomic E-state index is 12.9. The minimum atomic E-state index is -0.805. The van der Waals surface area contributed by atoms with Crippen molar-refractivity contribution in [1.29, 1.82) is 0 Å². The van der Waals surface area contributed by atoms with Crippen LogP contribution in [0.25, 0.3) is 0 Å². The number of rotatable bonds is 55. The lowest BCUT2D eigenvalue weighted by Crippen LogP contribution is -2.30. The number of hydrogen-bond donors (Lipinski definition) is 0. The third kappa shape index (κ3) is 59.1. The molecular weight excluding hydrogens is 901 g/mol. The van der Waals surface area contributed by atoms with Crippen LogP contribution >= 0.6 is 0 Å². The molecule has 0 unspecified atom stereocenters. The Hall–Kier alpha value is -3.67. The number of allylic oxidation sites excluding steroid dienone is 16. The molecule has 6 nitrogen and oxygen atoms in total. The number of ether oxygens (including phenoxy) is 3. The molecule has 0 saturated heterocycles. The predicted octanol–water partition coefficient (Wildman–Crippen LogP) is 20.9. The van der Waals surface area contributed by atoms with Crippen LogP contribution in [0.4, 0.5) is 0 Å². The van der Waals surface area contributed by atoms with E-state index >= 15 is 0 Å². The highest BCUT2D eigenvalue weighted by Gasteiger charge is 2.19. The minimum absolute atomic E-state index is 0.0979. The first kappa shape index (κ1) is 69.3. The van der Waals surface area contributed by atoms with Gasteiger partial charge in [0.1, 0.15) is 13.2 Å². The number of carbonyl (C=O) groups is 3. The fourth-order valence-corrected chi connectivity index (χ4v) is 8.44. The second kappa shape index (κ2) is 60.9. The summed E-state index contributed by atoms with van der Waals surface area (Å²) in [5.74, 6) is -0.957. The summed E-state index contributed by atoms with van der Waals surface area (Å²) in [5, 5.41) is 0. The number of esters is 3. The summed E-state index contributed by atoms with van der Waals surface area (Å²) in [4.78, 5) is 38.3. The van der Waals surface area contributed by atoms with Crippen molar-refractivity contribution in [3.63, 3.8) is 0 Å². The zero-order valence-corrected chi connectivity index (χ0v) is 47.9. The van der Waals surface area contributed by atoms with Crippen molar-refractivity contribution in [2.45, 2.75) is 297 Å². The summed E-state index contributed by atoms with van der Waals surface area (Å²) in [6.07, 6.45) is 81.2. The van der Waals surface area contributed by atoms with Crippen molar-refractivity contribution in [1.82, 2.24) is 0 Å². The highest BCUT2D eigenvalue weighted by molar-refractivity contribution is 5.71. The van der Waals surface area contributed by atoms with Crippen molar-refractivity contribution in [2.75, 3.05) is 13.2 Å². The number of unbranched alkanes of at least 4 members (excludes halogenated alkanes) is 28. The molecule has 0 radical (unpaired) electrons. The molecule has 0 N–H and O–H groups in total. The Morgan fingerprint density at radius 1 is 0.288 bits per heavy atom. The first-order valence-electron chi connectivity index (χ1n) is 30.7. The van der Waals surface area contributed by atoms with Crippen molar-refractivity contribution in [2.24, 2.45) is 0 Å². The van der Waals surface area contributed by atoms with Crippen LogP contribution in [0.2, 0.25) is 0 Å². The summed E-state index contributed by atoms with van der Waals surface area (Å²) >= 11 is 0. The Labute approximate surface area is 451 Å². The molecule has 0 aliphatic carbocycles. The molecule has 0 aromatic rings. The summed E-state index contributed by atoms with van der Waals surface area (Å²) in [5.41, 5.74) is 0. The van der Waals surface area contributed by atoms with E-state index in [1.54, 1.807) is 0 Å². The van der Waals surface area contributed by atoms with Gasteiger partial charge in [-0.15, -0.1) is 0 Å². The van der Waals surface area contributed by atoms with Gasteiger partial charge in [0.25, 0.3) is 0 Å². The second-order valence-electron chi connectivity index (χ2n) is 20.2. The zero-order valence-electron chi connectivity index (χ0n) is 47.9. The third-order valence-corrected chi connectivity index (χ3v) is 13.0. The van der Waals surface area contributed by atoms with E-state index in [0.29, 0.717) is 19.3 Å². The van der Waals surface area contributed by atoms with Crippen LogP contribution in [0.5, 0.6) is 0 Å². The molecule has 0 aliphatic heterocycles. The summed E-state index contributed by atoms with van der Waals surface area (Å²) < 4.78 is 16.9. The molecule has 0 aliphatic rings. The minimum Gasteiger partial charge on any atom is -0.462 e. The quantitative estimate of drug-likeness (QED) is 0.0261. The lowest BCUT2D eigenvalue weighted by molar-refractivity contribution is -0.167. The molecule has 418 valence electrons. The van der Waals surface area contributed by atoms with Gasteiger partial charge in [0, 0.05) is 19.3 Å². The van der Waals surface area contributed by atoms with Crippen LogP contribution in [-0.2, 0) is 28.6 Å². The maximum Gasteiger partial charge on any atom is 0.306 e. The standard InChI is InChI=1S/C67H114O6/c1-4-7-10-13-16-19-22-25-28-31-33-36-39-42-45-48-51-54-57-60-66(69)72-63-64(62-71-65(68)59-56-53-50-47-44-41-38-35-30-27-24-21-18-15-12-9-6-3)73-67(70)61-58-55-52-49-46-43-40-37-34-32-29-26-23-20-17-14-11-8-5-2/h9,12,16,18-19,21,25-30,38,41,47,50,64H,4-8,10-11,13-15,17,20,22-24,31-37,39-40,42-46,48-49,51-63H2,1-3H3/b12-9+,19-16+,21-18+,28-25+,29-26+,30-27+,41-38+,50-47+/t64-/m1/s1. The molecule has 0 saturated carbocycles. The molecule has 0 bridgehead atoms. The van der Waals surface area contributed by atoms with Gasteiger partial charge in [0.2, 0.25) is 0 Å². The molecule has 0 spiro atoms. The molecule has 1 atom stereocenters. The molecule has 0 aromatic heterocycles. The molecule has 0 fully saturated rings. The molecule has 0 aromatic carbocycles. The van der Waals surface area contributed by atoms with E-state index in [9.17, 15) is 14.4 Å². The normalized spacial score (nSPS) is 12.8. The number of carbonyl (C=O) groups excluding carboxylic acids is 3. The van der Waals surface area contributed by atoms with E-state index < -0.39 is 6.10 Å². The number of hydrogen-bond acceptors (Lipinski definition) is 6. The Morgan fingerprint density at radius 3 is 0.932 bits per heavy atom. The van der Waals surface area contributed by atoms with Gasteiger partial charge in [-0.25, -0.2) is 0 Å². The summed E-state index contributed by atoms with van der Waals surface area (Å²) in [7, 11) is 0. The first-order chi connectivity index (χ1) is 36.0. The average molecular weight is 1020 g/mol. The second-order valence-corrected chi connectivity index (χ2v) is 20.2. The van der Waals surface area contributed by atoms with Crippen LogP contribution in [0.1, 0.15) is 290 Å². The monoisotopic (exact) mass is 1010 g/mol.